The highest BCUT2D eigenvalue weighted by Gasteiger charge is 2.24. The molecule has 0 bridgehead atoms. The summed E-state index contributed by atoms with van der Waals surface area (Å²) in [6.45, 7) is 1.14. The van der Waals surface area contributed by atoms with Crippen molar-refractivity contribution in [3.05, 3.63) is 53.6 Å². The summed E-state index contributed by atoms with van der Waals surface area (Å²) in [6.07, 6.45) is 0. The molecule has 202 valence electrons. The number of amides is 2. The van der Waals surface area contributed by atoms with Crippen LogP contribution in [0.5, 0.6) is 5.75 Å². The van der Waals surface area contributed by atoms with Gasteiger partial charge in [0.15, 0.2) is 5.96 Å². The first-order chi connectivity index (χ1) is 17.8. The zero-order valence-corrected chi connectivity index (χ0v) is 21.2. The number of ether oxygens (including phenoxy) is 1. The molecule has 0 heterocycles. The minimum atomic E-state index is -1.48. The molecule has 38 heavy (non-hydrogen) atoms. The van der Waals surface area contributed by atoms with Gasteiger partial charge in [-0.1, -0.05) is 6.07 Å². The second-order valence-corrected chi connectivity index (χ2v) is 8.74. The summed E-state index contributed by atoms with van der Waals surface area (Å²) in [5.41, 5.74) is -0.432. The Bertz CT molecular complexity index is 1290. The van der Waals surface area contributed by atoms with Gasteiger partial charge in [0.1, 0.15) is 29.0 Å². The number of carboxylic acid groups (broad SMARTS) is 1. The van der Waals surface area contributed by atoms with E-state index in [2.05, 4.69) is 16.0 Å². The van der Waals surface area contributed by atoms with Gasteiger partial charge in [-0.2, -0.15) is 0 Å². The number of thioether (sulfide) groups is 1. The van der Waals surface area contributed by atoms with Crippen LogP contribution in [0.25, 0.3) is 11.1 Å². The van der Waals surface area contributed by atoms with Crippen LogP contribution in [0, 0.1) is 22.5 Å². The van der Waals surface area contributed by atoms with E-state index in [1.54, 1.807) is 0 Å². The first-order valence-corrected chi connectivity index (χ1v) is 11.6. The largest absolute Gasteiger partial charge is 0.478 e. The fourth-order valence-corrected chi connectivity index (χ4v) is 3.53. The zero-order valence-electron chi connectivity index (χ0n) is 20.3. The number of rotatable bonds is 7. The van der Waals surface area contributed by atoms with Crippen LogP contribution in [-0.4, -0.2) is 70.9 Å². The Morgan fingerprint density at radius 2 is 1.76 bits per heavy atom. The molecule has 0 radical (unpaired) electrons. The molecule has 0 aliphatic heterocycles. The van der Waals surface area contributed by atoms with Crippen LogP contribution in [0.3, 0.4) is 0 Å². The maximum Gasteiger partial charge on any atom is 0.372 e. The molecule has 0 saturated heterocycles. The van der Waals surface area contributed by atoms with Crippen molar-refractivity contribution < 1.29 is 37.8 Å². The topological polar surface area (TPSA) is 185 Å². The van der Waals surface area contributed by atoms with E-state index in [4.69, 9.17) is 15.6 Å². The maximum absolute atomic E-state index is 14.1. The number of nitrogens with one attached hydrogen (secondary N) is 5. The van der Waals surface area contributed by atoms with E-state index < -0.39 is 52.3 Å². The number of hydrogen-bond acceptors (Lipinski definition) is 8. The molecule has 2 aromatic rings. The molecular formula is C23H24F2N6O6S. The van der Waals surface area contributed by atoms with Crippen LogP contribution in [0.4, 0.5) is 13.6 Å². The monoisotopic (exact) mass is 550 g/mol. The molecule has 0 saturated carbocycles. The highest BCUT2D eigenvalue weighted by Crippen LogP contribution is 2.30. The van der Waals surface area contributed by atoms with Crippen molar-refractivity contribution >= 4 is 46.8 Å². The summed E-state index contributed by atoms with van der Waals surface area (Å²) >= 11 is 0.448. The number of carbonyl (C=O) groups excluding carboxylic acids is 3. The van der Waals surface area contributed by atoms with Gasteiger partial charge in [0.05, 0.1) is 0 Å². The van der Waals surface area contributed by atoms with Crippen molar-refractivity contribution in [3.8, 4) is 16.9 Å². The normalized spacial score (nSPS) is 11.1. The van der Waals surface area contributed by atoms with Crippen molar-refractivity contribution in [3.63, 3.8) is 0 Å². The van der Waals surface area contributed by atoms with Crippen molar-refractivity contribution in [1.82, 2.24) is 20.9 Å². The lowest BCUT2D eigenvalue weighted by molar-refractivity contribution is -0.126. The Hall–Kier alpha value is -4.53. The molecule has 0 aromatic heterocycles. The summed E-state index contributed by atoms with van der Waals surface area (Å²) in [6, 6.07) is 4.98. The molecule has 2 amide bonds. The minimum absolute atomic E-state index is 0.0638. The molecule has 0 unspecified atom stereocenters. The Balaban J connectivity index is 2.11. The summed E-state index contributed by atoms with van der Waals surface area (Å²) < 4.78 is 32.4. The van der Waals surface area contributed by atoms with Gasteiger partial charge < -0.3 is 20.1 Å². The molecule has 0 fully saturated rings. The molecule has 15 heteroatoms. The van der Waals surface area contributed by atoms with Crippen LogP contribution >= 0.6 is 11.8 Å². The second-order valence-electron chi connectivity index (χ2n) is 7.79. The van der Waals surface area contributed by atoms with Gasteiger partial charge in [-0.15, -0.1) is 0 Å². The van der Waals surface area contributed by atoms with Crippen molar-refractivity contribution in [2.75, 3.05) is 19.8 Å². The molecular weight excluding hydrogens is 526 g/mol. The van der Waals surface area contributed by atoms with Gasteiger partial charge in [-0.3, -0.25) is 31.0 Å². The lowest BCUT2D eigenvalue weighted by Crippen LogP contribution is -2.54. The third-order valence-electron chi connectivity index (χ3n) is 4.65. The third kappa shape index (κ3) is 8.55. The average Bonchev–Trinajstić information content (AvgIpc) is 2.81. The van der Waals surface area contributed by atoms with Crippen molar-refractivity contribution in [2.45, 2.75) is 13.0 Å². The van der Waals surface area contributed by atoms with Crippen molar-refractivity contribution in [1.29, 1.82) is 10.8 Å². The fourth-order valence-electron chi connectivity index (χ4n) is 2.85. The van der Waals surface area contributed by atoms with Crippen LogP contribution in [-0.2, 0) is 9.59 Å². The highest BCUT2D eigenvalue weighted by atomic mass is 32.2. The Morgan fingerprint density at radius 3 is 2.34 bits per heavy atom. The van der Waals surface area contributed by atoms with E-state index in [-0.39, 0.29) is 28.6 Å². The van der Waals surface area contributed by atoms with Gasteiger partial charge in [0, 0.05) is 38.4 Å². The molecule has 2 rings (SSSR count). The summed E-state index contributed by atoms with van der Waals surface area (Å²) in [5, 5.41) is 30.7. The number of carboxylic acids is 1. The molecule has 0 aliphatic carbocycles. The van der Waals surface area contributed by atoms with Gasteiger partial charge in [0.2, 0.25) is 17.8 Å². The Labute approximate surface area is 219 Å². The molecule has 0 spiro atoms. The van der Waals surface area contributed by atoms with Gasteiger partial charge >= 0.3 is 11.3 Å². The summed E-state index contributed by atoms with van der Waals surface area (Å²) in [4.78, 5) is 49.5. The quantitative estimate of drug-likeness (QED) is 0.171. The predicted molar refractivity (Wildman–Crippen MR) is 135 cm³/mol. The minimum Gasteiger partial charge on any atom is -0.478 e. The summed E-state index contributed by atoms with van der Waals surface area (Å²) in [7, 11) is 3.08. The smallest absolute Gasteiger partial charge is 0.372 e. The lowest BCUT2D eigenvalue weighted by Gasteiger charge is -2.19. The molecule has 6 N–H and O–H groups in total. The number of hydrogen-bond donors (Lipinski definition) is 6. The van der Waals surface area contributed by atoms with E-state index in [0.29, 0.717) is 17.8 Å². The second kappa shape index (κ2) is 13.1. The number of guanidine groups is 2. The predicted octanol–water partition coefficient (Wildman–Crippen LogP) is 2.20. The standard InChI is InChI=1S/C23H24F2N6O6S/c1-11(32)28-17(19(33)29-21(26)30-22(27)31(2)3)10-38-23(36)37-18-7-4-12(8-15(18)20(34)35)14-6-5-13(24)9-16(14)25/h4-9,17H,10H2,1-3H3,(H,28,32)(H,34,35)(H4,26,27,29,30,33)/t17-/m1/s1. The van der Waals surface area contributed by atoms with E-state index in [1.807, 2.05) is 0 Å². The molecule has 0 aliphatic rings. The van der Waals surface area contributed by atoms with Gasteiger partial charge in [-0.25, -0.2) is 18.4 Å². The first kappa shape index (κ1) is 29.7. The SMILES string of the molecule is CC(=O)N[C@H](CSC(=O)Oc1ccc(-c2ccc(F)cc2F)cc1C(=O)O)C(=O)NC(=N)NC(=N)N(C)C. The van der Waals surface area contributed by atoms with E-state index in [1.165, 1.54) is 25.1 Å². The maximum atomic E-state index is 14.1. The van der Waals surface area contributed by atoms with E-state index in [0.717, 1.165) is 31.2 Å². The van der Waals surface area contributed by atoms with Gasteiger partial charge in [0.25, 0.3) is 0 Å². The fraction of sp³-hybridized carbons (Fsp3) is 0.217. The van der Waals surface area contributed by atoms with Crippen molar-refractivity contribution in [2.24, 2.45) is 0 Å². The lowest BCUT2D eigenvalue weighted by atomic mass is 10.0. The number of aromatic carboxylic acids is 1. The summed E-state index contributed by atoms with van der Waals surface area (Å²) in [5.74, 6) is -6.10. The van der Waals surface area contributed by atoms with Crippen LogP contribution in [0.1, 0.15) is 17.3 Å². The number of carbonyl (C=O) groups is 4. The number of benzene rings is 2. The molecule has 1 atom stereocenters. The van der Waals surface area contributed by atoms with E-state index in [9.17, 15) is 33.1 Å². The molecule has 2 aromatic carbocycles. The third-order valence-corrected chi connectivity index (χ3v) is 5.47. The zero-order chi connectivity index (χ0) is 28.6. The Morgan fingerprint density at radius 1 is 1.08 bits per heavy atom. The van der Waals surface area contributed by atoms with E-state index >= 15 is 0 Å². The molecule has 12 nitrogen and oxygen atoms in total. The first-order valence-electron chi connectivity index (χ1n) is 10.6. The van der Waals surface area contributed by atoms with Crippen LogP contribution in [0.15, 0.2) is 36.4 Å². The van der Waals surface area contributed by atoms with Crippen LogP contribution in [0.2, 0.25) is 0 Å². The highest BCUT2D eigenvalue weighted by molar-refractivity contribution is 8.13. The average molecular weight is 551 g/mol. The van der Waals surface area contributed by atoms with Crippen LogP contribution < -0.4 is 20.7 Å². The Kier molecular flexibility index (Phi) is 10.3. The number of nitrogens with zero attached hydrogens (tertiary/aromatic N) is 1. The van der Waals surface area contributed by atoms with Gasteiger partial charge in [-0.05, 0) is 41.6 Å². The number of halogens is 2.